The number of carbonyl (C=O) groups excluding carboxylic acids is 1. The van der Waals surface area contributed by atoms with Gasteiger partial charge in [0, 0.05) is 36.6 Å². The van der Waals surface area contributed by atoms with Gasteiger partial charge in [-0.25, -0.2) is 0 Å². The van der Waals surface area contributed by atoms with Crippen molar-refractivity contribution in [3.63, 3.8) is 0 Å². The lowest BCUT2D eigenvalue weighted by Crippen LogP contribution is -2.49. The first-order valence-corrected chi connectivity index (χ1v) is 8.87. The molecular formula is C21H23N3O2. The van der Waals surface area contributed by atoms with Gasteiger partial charge in [0.15, 0.2) is 0 Å². The number of H-pyrrole nitrogens is 1. The van der Waals surface area contributed by atoms with Crippen LogP contribution < -0.4 is 4.74 Å². The van der Waals surface area contributed by atoms with Crippen molar-refractivity contribution < 1.29 is 9.53 Å². The van der Waals surface area contributed by atoms with Gasteiger partial charge in [0.25, 0.3) is 5.91 Å². The molecule has 134 valence electrons. The van der Waals surface area contributed by atoms with Crippen molar-refractivity contribution in [3.05, 3.63) is 65.9 Å². The van der Waals surface area contributed by atoms with Crippen LogP contribution in [0.15, 0.2) is 54.6 Å². The third-order valence-electron chi connectivity index (χ3n) is 5.09. The Hall–Kier alpha value is -2.79. The average molecular weight is 349 g/mol. The van der Waals surface area contributed by atoms with Crippen molar-refractivity contribution >= 4 is 16.8 Å². The summed E-state index contributed by atoms with van der Waals surface area (Å²) in [7, 11) is 3.75. The third-order valence-corrected chi connectivity index (χ3v) is 5.09. The second-order valence-corrected chi connectivity index (χ2v) is 6.82. The van der Waals surface area contributed by atoms with Gasteiger partial charge in [-0.15, -0.1) is 0 Å². The summed E-state index contributed by atoms with van der Waals surface area (Å²) < 4.78 is 5.27. The number of amides is 1. The highest BCUT2D eigenvalue weighted by atomic mass is 16.5. The van der Waals surface area contributed by atoms with Crippen molar-refractivity contribution in [3.8, 4) is 5.75 Å². The number of aromatic amines is 1. The van der Waals surface area contributed by atoms with Gasteiger partial charge in [-0.3, -0.25) is 4.79 Å². The van der Waals surface area contributed by atoms with Crippen LogP contribution in [0.2, 0.25) is 0 Å². The van der Waals surface area contributed by atoms with Gasteiger partial charge in [-0.2, -0.15) is 0 Å². The van der Waals surface area contributed by atoms with Gasteiger partial charge in [0.1, 0.15) is 11.4 Å². The van der Waals surface area contributed by atoms with Crippen LogP contribution in [-0.2, 0) is 0 Å². The Bertz CT molecular complexity index is 919. The van der Waals surface area contributed by atoms with Crippen LogP contribution in [0.5, 0.6) is 5.75 Å². The fourth-order valence-electron chi connectivity index (χ4n) is 3.63. The van der Waals surface area contributed by atoms with E-state index in [1.165, 1.54) is 5.56 Å². The molecule has 1 unspecified atom stereocenters. The monoisotopic (exact) mass is 349 g/mol. The minimum absolute atomic E-state index is 0.0436. The molecule has 0 bridgehead atoms. The summed E-state index contributed by atoms with van der Waals surface area (Å²) >= 11 is 0. The predicted octanol–water partition coefficient (Wildman–Crippen LogP) is 3.31. The Morgan fingerprint density at radius 3 is 2.69 bits per heavy atom. The van der Waals surface area contributed by atoms with Gasteiger partial charge in [-0.1, -0.05) is 30.3 Å². The zero-order valence-electron chi connectivity index (χ0n) is 15.1. The lowest BCUT2D eigenvalue weighted by molar-refractivity contribution is 0.0493. The number of nitrogens with zero attached hydrogens (tertiary/aromatic N) is 2. The van der Waals surface area contributed by atoms with E-state index in [4.69, 9.17) is 4.74 Å². The molecule has 0 saturated carbocycles. The molecule has 1 aromatic heterocycles. The number of likely N-dealkylation sites (N-methyl/N-ethyl adjacent to an activating group) is 1. The number of ether oxygens (including phenoxy) is 1. The van der Waals surface area contributed by atoms with Gasteiger partial charge in [-0.05, 0) is 30.8 Å². The molecule has 1 atom stereocenters. The van der Waals surface area contributed by atoms with Crippen molar-refractivity contribution in [2.45, 2.75) is 6.04 Å². The summed E-state index contributed by atoms with van der Waals surface area (Å²) in [6.07, 6.45) is 0. The van der Waals surface area contributed by atoms with E-state index < -0.39 is 0 Å². The van der Waals surface area contributed by atoms with Crippen molar-refractivity contribution in [1.29, 1.82) is 0 Å². The maximum atomic E-state index is 13.3. The lowest BCUT2D eigenvalue weighted by Gasteiger charge is -2.40. The Morgan fingerprint density at radius 2 is 1.92 bits per heavy atom. The lowest BCUT2D eigenvalue weighted by atomic mass is 10.0. The summed E-state index contributed by atoms with van der Waals surface area (Å²) in [6.45, 7) is 2.43. The molecule has 3 aromatic rings. The van der Waals surface area contributed by atoms with E-state index in [2.05, 4.69) is 29.1 Å². The summed E-state index contributed by atoms with van der Waals surface area (Å²) in [5, 5.41) is 1.01. The van der Waals surface area contributed by atoms with Crippen molar-refractivity contribution in [2.75, 3.05) is 33.8 Å². The van der Waals surface area contributed by atoms with E-state index in [0.29, 0.717) is 12.2 Å². The number of hydrogen-bond acceptors (Lipinski definition) is 3. The first-order chi connectivity index (χ1) is 12.7. The van der Waals surface area contributed by atoms with Gasteiger partial charge in [0.05, 0.1) is 13.2 Å². The molecule has 2 heterocycles. The number of nitrogens with one attached hydrogen (secondary N) is 1. The number of carbonyl (C=O) groups is 1. The van der Waals surface area contributed by atoms with Crippen LogP contribution in [0.1, 0.15) is 22.1 Å². The van der Waals surface area contributed by atoms with E-state index >= 15 is 0 Å². The predicted molar refractivity (Wildman–Crippen MR) is 103 cm³/mol. The van der Waals surface area contributed by atoms with Crippen molar-refractivity contribution in [2.24, 2.45) is 0 Å². The van der Waals surface area contributed by atoms with E-state index in [9.17, 15) is 4.79 Å². The molecule has 1 amide bonds. The molecule has 1 aliphatic heterocycles. The summed E-state index contributed by atoms with van der Waals surface area (Å²) in [6, 6.07) is 18.1. The molecule has 2 aromatic carbocycles. The second kappa shape index (κ2) is 6.84. The van der Waals surface area contributed by atoms with Crippen molar-refractivity contribution in [1.82, 2.24) is 14.8 Å². The number of fused-ring (bicyclic) bond motifs is 1. The SMILES string of the molecule is COc1ccc2cc(C(=O)N3CCN(C)CC3c3ccccc3)[nH]c2c1. The fourth-order valence-corrected chi connectivity index (χ4v) is 3.63. The van der Waals surface area contributed by atoms with Crippen LogP contribution in [0.3, 0.4) is 0 Å². The number of aromatic nitrogens is 1. The first-order valence-electron chi connectivity index (χ1n) is 8.87. The van der Waals surface area contributed by atoms with E-state index in [0.717, 1.165) is 29.7 Å². The molecule has 1 aliphatic rings. The molecule has 5 heteroatoms. The molecule has 0 spiro atoms. The molecule has 0 aliphatic carbocycles. The summed E-state index contributed by atoms with van der Waals surface area (Å²) in [4.78, 5) is 20.8. The van der Waals surface area contributed by atoms with Gasteiger partial charge in [0.2, 0.25) is 0 Å². The molecule has 5 nitrogen and oxygen atoms in total. The zero-order chi connectivity index (χ0) is 18.1. The maximum absolute atomic E-state index is 13.3. The standard InChI is InChI=1S/C21H23N3O2/c1-23-10-11-24(20(14-23)15-6-4-3-5-7-15)21(25)19-12-16-8-9-17(26-2)13-18(16)22-19/h3-9,12-13,20,22H,10-11,14H2,1-2H3. The van der Waals surface area contributed by atoms with Gasteiger partial charge < -0.3 is 19.5 Å². The Balaban J connectivity index is 1.67. The van der Waals surface area contributed by atoms with Gasteiger partial charge >= 0.3 is 0 Å². The zero-order valence-corrected chi connectivity index (χ0v) is 15.1. The summed E-state index contributed by atoms with van der Waals surface area (Å²) in [5.74, 6) is 0.822. The van der Waals surface area contributed by atoms with E-state index in [1.54, 1.807) is 7.11 Å². The molecule has 26 heavy (non-hydrogen) atoms. The smallest absolute Gasteiger partial charge is 0.270 e. The highest BCUT2D eigenvalue weighted by Gasteiger charge is 2.31. The minimum Gasteiger partial charge on any atom is -0.497 e. The molecule has 1 N–H and O–H groups in total. The number of piperazine rings is 1. The maximum Gasteiger partial charge on any atom is 0.270 e. The topological polar surface area (TPSA) is 48.6 Å². The molecule has 0 radical (unpaired) electrons. The van der Waals surface area contributed by atoms with Crippen LogP contribution in [0.4, 0.5) is 0 Å². The van der Waals surface area contributed by atoms with Crippen LogP contribution >= 0.6 is 0 Å². The van der Waals surface area contributed by atoms with E-state index in [1.807, 2.05) is 47.4 Å². The van der Waals surface area contributed by atoms with E-state index in [-0.39, 0.29) is 11.9 Å². The fraction of sp³-hybridized carbons (Fsp3) is 0.286. The first kappa shape index (κ1) is 16.7. The number of rotatable bonds is 3. The Kier molecular flexibility index (Phi) is 4.39. The normalized spacial score (nSPS) is 18.2. The summed E-state index contributed by atoms with van der Waals surface area (Å²) in [5.41, 5.74) is 2.71. The van der Waals surface area contributed by atoms with Crippen LogP contribution in [0, 0.1) is 0 Å². The highest BCUT2D eigenvalue weighted by molar-refractivity contribution is 5.98. The van der Waals surface area contributed by atoms with Crippen LogP contribution in [-0.4, -0.2) is 54.5 Å². The Morgan fingerprint density at radius 1 is 1.12 bits per heavy atom. The average Bonchev–Trinajstić information content (AvgIpc) is 3.11. The second-order valence-electron chi connectivity index (χ2n) is 6.82. The Labute approximate surface area is 153 Å². The minimum atomic E-state index is 0.0436. The van der Waals surface area contributed by atoms with Crippen LogP contribution in [0.25, 0.3) is 10.9 Å². The largest absolute Gasteiger partial charge is 0.497 e. The number of hydrogen-bond donors (Lipinski definition) is 1. The highest BCUT2D eigenvalue weighted by Crippen LogP contribution is 2.28. The molecule has 1 fully saturated rings. The number of methoxy groups -OCH3 is 1. The molecule has 1 saturated heterocycles. The third kappa shape index (κ3) is 3.06. The molecule has 4 rings (SSSR count). The number of benzene rings is 2. The molecular weight excluding hydrogens is 326 g/mol. The quantitative estimate of drug-likeness (QED) is 0.789.